The highest BCUT2D eigenvalue weighted by molar-refractivity contribution is 5.85. The van der Waals surface area contributed by atoms with Crippen molar-refractivity contribution in [1.29, 1.82) is 0 Å². The first kappa shape index (κ1) is 19.7. The maximum absolute atomic E-state index is 12.1. The normalized spacial score (nSPS) is 25.4. The van der Waals surface area contributed by atoms with E-state index in [2.05, 4.69) is 17.6 Å². The Balaban J connectivity index is 0.00000361. The van der Waals surface area contributed by atoms with Crippen molar-refractivity contribution in [3.8, 4) is 0 Å². The van der Waals surface area contributed by atoms with Gasteiger partial charge < -0.3 is 15.4 Å². The van der Waals surface area contributed by atoms with Crippen molar-refractivity contribution in [2.75, 3.05) is 13.6 Å². The Labute approximate surface area is 129 Å². The van der Waals surface area contributed by atoms with Crippen LogP contribution >= 0.6 is 12.4 Å². The Bertz CT molecular complexity index is 277. The molecule has 1 aliphatic rings. The summed E-state index contributed by atoms with van der Waals surface area (Å²) in [6.07, 6.45) is 5.42. The molecular formula is C15H31ClN2O2. The molecule has 5 heteroatoms. The lowest BCUT2D eigenvalue weighted by Crippen LogP contribution is -2.44. The molecule has 1 aliphatic carbocycles. The Morgan fingerprint density at radius 3 is 2.65 bits per heavy atom. The van der Waals surface area contributed by atoms with E-state index in [1.54, 1.807) is 0 Å². The molecule has 0 heterocycles. The molecule has 0 aromatic rings. The van der Waals surface area contributed by atoms with Crippen LogP contribution in [0.25, 0.3) is 0 Å². The Kier molecular flexibility index (Phi) is 10.2. The predicted molar refractivity (Wildman–Crippen MR) is 85.4 cm³/mol. The minimum Gasteiger partial charge on any atom is -0.365 e. The zero-order valence-electron chi connectivity index (χ0n) is 13.3. The Morgan fingerprint density at radius 2 is 2.10 bits per heavy atom. The van der Waals surface area contributed by atoms with Crippen molar-refractivity contribution in [3.05, 3.63) is 0 Å². The fraction of sp³-hybridized carbons (Fsp3) is 0.933. The molecule has 0 radical (unpaired) electrons. The Morgan fingerprint density at radius 1 is 1.40 bits per heavy atom. The van der Waals surface area contributed by atoms with Crippen LogP contribution < -0.4 is 10.6 Å². The number of ether oxygens (including phenoxy) is 1. The maximum atomic E-state index is 12.1. The first-order valence-corrected chi connectivity index (χ1v) is 7.67. The molecular weight excluding hydrogens is 276 g/mol. The van der Waals surface area contributed by atoms with E-state index in [0.29, 0.717) is 6.54 Å². The second kappa shape index (κ2) is 10.4. The summed E-state index contributed by atoms with van der Waals surface area (Å²) in [7, 11) is 1.90. The van der Waals surface area contributed by atoms with Crippen molar-refractivity contribution in [3.63, 3.8) is 0 Å². The van der Waals surface area contributed by atoms with Crippen LogP contribution in [-0.4, -0.2) is 37.7 Å². The van der Waals surface area contributed by atoms with Crippen LogP contribution in [0.15, 0.2) is 0 Å². The van der Waals surface area contributed by atoms with Crippen LogP contribution in [0.2, 0.25) is 0 Å². The van der Waals surface area contributed by atoms with Crippen LogP contribution in [0, 0.1) is 5.92 Å². The van der Waals surface area contributed by atoms with Gasteiger partial charge in [-0.25, -0.2) is 0 Å². The molecule has 0 aromatic heterocycles. The van der Waals surface area contributed by atoms with E-state index in [4.69, 9.17) is 4.74 Å². The van der Waals surface area contributed by atoms with Crippen molar-refractivity contribution in [2.24, 2.45) is 5.92 Å². The van der Waals surface area contributed by atoms with Gasteiger partial charge in [-0.2, -0.15) is 0 Å². The molecule has 1 amide bonds. The molecule has 120 valence electrons. The first-order chi connectivity index (χ1) is 9.06. The number of rotatable bonds is 7. The second-order valence-corrected chi connectivity index (χ2v) is 5.86. The van der Waals surface area contributed by atoms with Crippen LogP contribution in [-0.2, 0) is 9.53 Å². The SMILES string of the molecule is CCC(OC1CCCC(C)C1)C(=O)NCC(C)NC.Cl. The minimum atomic E-state index is -0.292. The highest BCUT2D eigenvalue weighted by Gasteiger charge is 2.25. The molecule has 20 heavy (non-hydrogen) atoms. The third kappa shape index (κ3) is 6.91. The zero-order chi connectivity index (χ0) is 14.3. The summed E-state index contributed by atoms with van der Waals surface area (Å²) in [4.78, 5) is 12.1. The lowest BCUT2D eigenvalue weighted by Gasteiger charge is -2.30. The van der Waals surface area contributed by atoms with Crippen LogP contribution in [0.3, 0.4) is 0 Å². The number of amides is 1. The zero-order valence-corrected chi connectivity index (χ0v) is 14.1. The third-order valence-corrected chi connectivity index (χ3v) is 3.98. The summed E-state index contributed by atoms with van der Waals surface area (Å²) in [5.74, 6) is 0.756. The van der Waals surface area contributed by atoms with Crippen molar-refractivity contribution >= 4 is 18.3 Å². The average Bonchev–Trinajstić information content (AvgIpc) is 2.41. The van der Waals surface area contributed by atoms with E-state index in [-0.39, 0.29) is 36.6 Å². The van der Waals surface area contributed by atoms with Crippen LogP contribution in [0.5, 0.6) is 0 Å². The fourth-order valence-corrected chi connectivity index (χ4v) is 2.55. The predicted octanol–water partition coefficient (Wildman–Crippen LogP) is 2.51. The number of likely N-dealkylation sites (N-methyl/N-ethyl adjacent to an activating group) is 1. The van der Waals surface area contributed by atoms with E-state index in [1.165, 1.54) is 12.8 Å². The topological polar surface area (TPSA) is 50.4 Å². The number of hydrogen-bond donors (Lipinski definition) is 2. The van der Waals surface area contributed by atoms with E-state index in [0.717, 1.165) is 25.2 Å². The van der Waals surface area contributed by atoms with Crippen molar-refractivity contribution in [2.45, 2.75) is 71.1 Å². The molecule has 1 fully saturated rings. The van der Waals surface area contributed by atoms with Gasteiger partial charge in [0.1, 0.15) is 6.10 Å². The molecule has 0 saturated heterocycles. The monoisotopic (exact) mass is 306 g/mol. The van der Waals surface area contributed by atoms with Gasteiger partial charge in [-0.1, -0.05) is 26.7 Å². The average molecular weight is 307 g/mol. The highest BCUT2D eigenvalue weighted by Crippen LogP contribution is 2.26. The molecule has 4 nitrogen and oxygen atoms in total. The van der Waals surface area contributed by atoms with Gasteiger partial charge in [0.15, 0.2) is 0 Å². The summed E-state index contributed by atoms with van der Waals surface area (Å²) >= 11 is 0. The van der Waals surface area contributed by atoms with E-state index in [9.17, 15) is 4.79 Å². The molecule has 2 N–H and O–H groups in total. The lowest BCUT2D eigenvalue weighted by molar-refractivity contribution is -0.139. The number of carbonyl (C=O) groups excluding carboxylic acids is 1. The van der Waals surface area contributed by atoms with Gasteiger partial charge in [0.2, 0.25) is 5.91 Å². The summed E-state index contributed by atoms with van der Waals surface area (Å²) in [6.45, 7) is 6.98. The second-order valence-electron chi connectivity index (χ2n) is 5.86. The highest BCUT2D eigenvalue weighted by atomic mass is 35.5. The molecule has 1 rings (SSSR count). The van der Waals surface area contributed by atoms with Gasteiger partial charge in [-0.3, -0.25) is 4.79 Å². The smallest absolute Gasteiger partial charge is 0.249 e. The number of hydrogen-bond acceptors (Lipinski definition) is 3. The minimum absolute atomic E-state index is 0. The third-order valence-electron chi connectivity index (χ3n) is 3.98. The Hall–Kier alpha value is -0.320. The molecule has 0 aromatic carbocycles. The van der Waals surface area contributed by atoms with E-state index in [1.807, 2.05) is 20.9 Å². The molecule has 4 atom stereocenters. The van der Waals surface area contributed by atoms with Crippen LogP contribution in [0.1, 0.15) is 52.9 Å². The van der Waals surface area contributed by atoms with E-state index >= 15 is 0 Å². The number of nitrogens with one attached hydrogen (secondary N) is 2. The molecule has 0 spiro atoms. The van der Waals surface area contributed by atoms with Crippen molar-refractivity contribution < 1.29 is 9.53 Å². The summed E-state index contributed by atoms with van der Waals surface area (Å²) in [6, 6.07) is 0.288. The van der Waals surface area contributed by atoms with Gasteiger partial charge in [-0.15, -0.1) is 12.4 Å². The van der Waals surface area contributed by atoms with E-state index < -0.39 is 0 Å². The van der Waals surface area contributed by atoms with Gasteiger partial charge >= 0.3 is 0 Å². The van der Waals surface area contributed by atoms with Gasteiger partial charge in [-0.05, 0) is 39.2 Å². The largest absolute Gasteiger partial charge is 0.365 e. The van der Waals surface area contributed by atoms with Gasteiger partial charge in [0, 0.05) is 12.6 Å². The van der Waals surface area contributed by atoms with Gasteiger partial charge in [0.25, 0.3) is 0 Å². The summed E-state index contributed by atoms with van der Waals surface area (Å²) in [5.41, 5.74) is 0. The summed E-state index contributed by atoms with van der Waals surface area (Å²) in [5, 5.41) is 6.07. The molecule has 0 aliphatic heterocycles. The molecule has 1 saturated carbocycles. The number of carbonyl (C=O) groups is 1. The molecule has 4 unspecified atom stereocenters. The van der Waals surface area contributed by atoms with Crippen LogP contribution in [0.4, 0.5) is 0 Å². The van der Waals surface area contributed by atoms with Crippen molar-refractivity contribution in [1.82, 2.24) is 10.6 Å². The number of halogens is 1. The standard InChI is InChI=1S/C15H30N2O2.ClH/c1-5-14(15(18)17-10-12(3)16-4)19-13-8-6-7-11(2)9-13;/h11-14,16H,5-10H2,1-4H3,(H,17,18);1H. The summed E-state index contributed by atoms with van der Waals surface area (Å²) < 4.78 is 6.01. The lowest BCUT2D eigenvalue weighted by atomic mass is 9.88. The first-order valence-electron chi connectivity index (χ1n) is 7.67. The fourth-order valence-electron chi connectivity index (χ4n) is 2.55. The quantitative estimate of drug-likeness (QED) is 0.760. The molecule has 0 bridgehead atoms. The maximum Gasteiger partial charge on any atom is 0.249 e. The van der Waals surface area contributed by atoms with Gasteiger partial charge in [0.05, 0.1) is 6.10 Å².